The van der Waals surface area contributed by atoms with Crippen molar-refractivity contribution in [3.05, 3.63) is 65.2 Å². The molecule has 1 fully saturated rings. The molecule has 0 saturated carbocycles. The van der Waals surface area contributed by atoms with E-state index in [2.05, 4.69) is 33.3 Å². The molecule has 150 valence electrons. The molecule has 0 bridgehead atoms. The Labute approximate surface area is 179 Å². The largest absolute Gasteiger partial charge is 0.351 e. The number of para-hydroxylation sites is 1. The molecule has 1 amide bonds. The first kappa shape index (κ1) is 19.9. The van der Waals surface area contributed by atoms with E-state index in [9.17, 15) is 4.79 Å². The molecule has 0 spiro atoms. The van der Waals surface area contributed by atoms with Crippen LogP contribution in [0.3, 0.4) is 0 Å². The summed E-state index contributed by atoms with van der Waals surface area (Å²) in [7, 11) is 0. The fourth-order valence-corrected chi connectivity index (χ4v) is 4.55. The van der Waals surface area contributed by atoms with Crippen molar-refractivity contribution in [3.63, 3.8) is 0 Å². The van der Waals surface area contributed by atoms with Crippen LogP contribution in [0.15, 0.2) is 54.6 Å². The Kier molecular flexibility index (Phi) is 6.44. The van der Waals surface area contributed by atoms with E-state index in [1.807, 2.05) is 30.3 Å². The number of halogens is 1. The minimum absolute atomic E-state index is 0.0990. The van der Waals surface area contributed by atoms with Crippen molar-refractivity contribution in [2.75, 3.05) is 44.2 Å². The molecule has 0 atom stereocenters. The number of rotatable bonds is 6. The maximum absolute atomic E-state index is 12.0. The van der Waals surface area contributed by atoms with Crippen molar-refractivity contribution in [1.82, 2.24) is 15.2 Å². The average Bonchev–Trinajstić information content (AvgIpc) is 3.18. The summed E-state index contributed by atoms with van der Waals surface area (Å²) in [5.41, 5.74) is 1.91. The Morgan fingerprint density at radius 3 is 2.66 bits per heavy atom. The van der Waals surface area contributed by atoms with Gasteiger partial charge in [-0.1, -0.05) is 53.3 Å². The number of hydrogen-bond donors (Lipinski definition) is 1. The summed E-state index contributed by atoms with van der Waals surface area (Å²) in [6.07, 6.45) is 3.28. The smallest absolute Gasteiger partial charge is 0.244 e. The summed E-state index contributed by atoms with van der Waals surface area (Å²) in [6.45, 7) is 5.34. The number of fused-ring (bicyclic) bond motifs is 1. The molecule has 7 heteroatoms. The fourth-order valence-electron chi connectivity index (χ4n) is 3.33. The van der Waals surface area contributed by atoms with Gasteiger partial charge in [0.2, 0.25) is 5.91 Å². The maximum atomic E-state index is 12.0. The molecule has 2 heterocycles. The molecule has 1 saturated heterocycles. The van der Waals surface area contributed by atoms with Gasteiger partial charge in [0.05, 0.1) is 10.2 Å². The van der Waals surface area contributed by atoms with Gasteiger partial charge < -0.3 is 10.2 Å². The van der Waals surface area contributed by atoms with Crippen molar-refractivity contribution in [3.8, 4) is 0 Å². The highest BCUT2D eigenvalue weighted by Gasteiger charge is 2.19. The van der Waals surface area contributed by atoms with Crippen LogP contribution in [0.5, 0.6) is 0 Å². The van der Waals surface area contributed by atoms with E-state index in [0.717, 1.165) is 48.9 Å². The Morgan fingerprint density at radius 2 is 1.86 bits per heavy atom. The Hall–Kier alpha value is -2.41. The van der Waals surface area contributed by atoms with Crippen LogP contribution in [-0.4, -0.2) is 55.1 Å². The maximum Gasteiger partial charge on any atom is 0.244 e. The van der Waals surface area contributed by atoms with Gasteiger partial charge in [-0.15, -0.1) is 0 Å². The van der Waals surface area contributed by atoms with Gasteiger partial charge in [0.1, 0.15) is 0 Å². The quantitative estimate of drug-likeness (QED) is 0.607. The molecule has 1 aliphatic rings. The first-order chi connectivity index (χ1) is 14.2. The van der Waals surface area contributed by atoms with Gasteiger partial charge in [-0.2, -0.15) is 0 Å². The molecular formula is C22H23ClN4OS. The summed E-state index contributed by atoms with van der Waals surface area (Å²) in [5, 5.41) is 4.69. The van der Waals surface area contributed by atoms with Crippen LogP contribution in [0.1, 0.15) is 5.56 Å². The zero-order valence-corrected chi connectivity index (χ0v) is 17.6. The van der Waals surface area contributed by atoms with Crippen LogP contribution < -0.4 is 10.2 Å². The molecule has 1 aromatic heterocycles. The number of hydrogen-bond acceptors (Lipinski definition) is 5. The van der Waals surface area contributed by atoms with E-state index in [1.54, 1.807) is 17.4 Å². The van der Waals surface area contributed by atoms with Crippen LogP contribution in [0.4, 0.5) is 5.13 Å². The first-order valence-corrected chi connectivity index (χ1v) is 10.9. The molecule has 3 aromatic rings. The third-order valence-corrected chi connectivity index (χ3v) is 6.41. The Bertz CT molecular complexity index is 978. The normalized spacial score (nSPS) is 15.3. The number of piperazine rings is 1. The van der Waals surface area contributed by atoms with Gasteiger partial charge in [0.25, 0.3) is 0 Å². The van der Waals surface area contributed by atoms with Crippen molar-refractivity contribution in [2.45, 2.75) is 0 Å². The minimum Gasteiger partial charge on any atom is -0.351 e. The number of amides is 1. The predicted molar refractivity (Wildman–Crippen MR) is 122 cm³/mol. The van der Waals surface area contributed by atoms with Gasteiger partial charge in [-0.05, 0) is 29.8 Å². The average molecular weight is 427 g/mol. The van der Waals surface area contributed by atoms with E-state index in [0.29, 0.717) is 11.6 Å². The van der Waals surface area contributed by atoms with E-state index < -0.39 is 0 Å². The number of benzene rings is 2. The molecule has 2 aromatic carbocycles. The number of thiazole rings is 1. The van der Waals surface area contributed by atoms with Crippen LogP contribution in [0.2, 0.25) is 5.02 Å². The number of carbonyl (C=O) groups excluding carboxylic acids is 1. The van der Waals surface area contributed by atoms with Crippen LogP contribution >= 0.6 is 22.9 Å². The standard InChI is InChI=1S/C22H23ClN4OS/c23-18-6-2-1-5-17(18)9-10-21(28)24-11-12-26-13-15-27(16-14-26)22-25-19-7-3-4-8-20(19)29-22/h1-10H,11-16H2,(H,24,28)/b10-9+. The number of carbonyl (C=O) groups is 1. The number of nitrogens with zero attached hydrogens (tertiary/aromatic N) is 3. The summed E-state index contributed by atoms with van der Waals surface area (Å²) in [4.78, 5) is 21.5. The van der Waals surface area contributed by atoms with Gasteiger partial charge in [-0.25, -0.2) is 4.98 Å². The second-order valence-electron chi connectivity index (χ2n) is 6.94. The highest BCUT2D eigenvalue weighted by atomic mass is 35.5. The highest BCUT2D eigenvalue weighted by Crippen LogP contribution is 2.29. The predicted octanol–water partition coefficient (Wildman–Crippen LogP) is 3.90. The van der Waals surface area contributed by atoms with E-state index in [4.69, 9.17) is 16.6 Å². The van der Waals surface area contributed by atoms with Crippen LogP contribution in [-0.2, 0) is 4.79 Å². The van der Waals surface area contributed by atoms with Crippen molar-refractivity contribution >= 4 is 50.3 Å². The Morgan fingerprint density at radius 1 is 1.10 bits per heavy atom. The topological polar surface area (TPSA) is 48.5 Å². The van der Waals surface area contributed by atoms with Crippen molar-refractivity contribution < 1.29 is 4.79 Å². The summed E-state index contributed by atoms with van der Waals surface area (Å²) >= 11 is 7.85. The van der Waals surface area contributed by atoms with Gasteiger partial charge >= 0.3 is 0 Å². The van der Waals surface area contributed by atoms with Crippen LogP contribution in [0, 0.1) is 0 Å². The van der Waals surface area contributed by atoms with Gasteiger partial charge in [0, 0.05) is 50.4 Å². The summed E-state index contributed by atoms with van der Waals surface area (Å²) in [5.74, 6) is -0.0990. The van der Waals surface area contributed by atoms with Gasteiger partial charge in [0.15, 0.2) is 5.13 Å². The SMILES string of the molecule is O=C(/C=C/c1ccccc1Cl)NCCN1CCN(c2nc3ccccc3s2)CC1. The first-order valence-electron chi connectivity index (χ1n) is 9.72. The van der Waals surface area contributed by atoms with Gasteiger partial charge in [-0.3, -0.25) is 9.69 Å². The summed E-state index contributed by atoms with van der Waals surface area (Å²) in [6, 6.07) is 15.7. The molecule has 4 rings (SSSR count). The highest BCUT2D eigenvalue weighted by molar-refractivity contribution is 7.22. The minimum atomic E-state index is -0.0990. The lowest BCUT2D eigenvalue weighted by molar-refractivity contribution is -0.116. The van der Waals surface area contributed by atoms with E-state index in [1.165, 1.54) is 10.8 Å². The zero-order valence-electron chi connectivity index (χ0n) is 16.1. The number of aromatic nitrogens is 1. The lowest BCUT2D eigenvalue weighted by Crippen LogP contribution is -2.48. The number of anilines is 1. The summed E-state index contributed by atoms with van der Waals surface area (Å²) < 4.78 is 1.23. The lowest BCUT2D eigenvalue weighted by atomic mass is 10.2. The molecule has 1 aliphatic heterocycles. The van der Waals surface area contributed by atoms with E-state index >= 15 is 0 Å². The molecule has 0 unspecified atom stereocenters. The van der Waals surface area contributed by atoms with E-state index in [-0.39, 0.29) is 5.91 Å². The van der Waals surface area contributed by atoms with Crippen molar-refractivity contribution in [2.24, 2.45) is 0 Å². The molecular weight excluding hydrogens is 404 g/mol. The second kappa shape index (κ2) is 9.39. The zero-order chi connectivity index (χ0) is 20.1. The number of nitrogens with one attached hydrogen (secondary N) is 1. The van der Waals surface area contributed by atoms with Crippen LogP contribution in [0.25, 0.3) is 16.3 Å². The molecule has 29 heavy (non-hydrogen) atoms. The molecule has 1 N–H and O–H groups in total. The second-order valence-corrected chi connectivity index (χ2v) is 8.36. The third kappa shape index (κ3) is 5.15. The fraction of sp³-hybridized carbons (Fsp3) is 0.273. The molecule has 5 nitrogen and oxygen atoms in total. The third-order valence-electron chi connectivity index (χ3n) is 4.97. The van der Waals surface area contributed by atoms with Crippen molar-refractivity contribution in [1.29, 1.82) is 0 Å². The molecule has 0 aliphatic carbocycles. The Balaban J connectivity index is 1.20. The lowest BCUT2D eigenvalue weighted by Gasteiger charge is -2.34. The molecule has 0 radical (unpaired) electrons. The monoisotopic (exact) mass is 426 g/mol.